The average molecular weight is 277 g/mol. The molecular weight excluding hydrogens is 258 g/mol. The number of benzene rings is 2. The van der Waals surface area contributed by atoms with E-state index in [1.54, 1.807) is 0 Å². The largest absolute Gasteiger partial charge is 0.371 e. The molecule has 1 aliphatic heterocycles. The maximum atomic E-state index is 6.04. The van der Waals surface area contributed by atoms with Gasteiger partial charge in [-0.2, -0.15) is 0 Å². The lowest BCUT2D eigenvalue weighted by atomic mass is 9.97. The fraction of sp³-hybridized carbons (Fsp3) is 0.263. The van der Waals surface area contributed by atoms with Gasteiger partial charge in [-0.15, -0.1) is 0 Å². The summed E-state index contributed by atoms with van der Waals surface area (Å²) in [6, 6.07) is 17.4. The molecule has 1 aromatic heterocycles. The summed E-state index contributed by atoms with van der Waals surface area (Å²) >= 11 is 0. The minimum Gasteiger partial charge on any atom is -0.371 e. The predicted molar refractivity (Wildman–Crippen MR) is 85.5 cm³/mol. The molecule has 2 nitrogen and oxygen atoms in total. The van der Waals surface area contributed by atoms with Crippen LogP contribution < -0.4 is 0 Å². The monoisotopic (exact) mass is 277 g/mol. The molecule has 0 amide bonds. The van der Waals surface area contributed by atoms with E-state index in [4.69, 9.17) is 4.74 Å². The zero-order chi connectivity index (χ0) is 14.2. The van der Waals surface area contributed by atoms with Gasteiger partial charge in [-0.25, -0.2) is 0 Å². The van der Waals surface area contributed by atoms with Gasteiger partial charge in [-0.1, -0.05) is 36.4 Å². The van der Waals surface area contributed by atoms with Crippen LogP contribution in [0.4, 0.5) is 0 Å². The molecule has 0 bridgehead atoms. The average Bonchev–Trinajstić information content (AvgIpc) is 2.92. The SMILES string of the molecule is Cc1cccc2c1ccn2CC1OCCc2ccccc21. The summed E-state index contributed by atoms with van der Waals surface area (Å²) in [5, 5.41) is 1.33. The van der Waals surface area contributed by atoms with E-state index in [2.05, 4.69) is 66.2 Å². The second kappa shape index (κ2) is 5.05. The van der Waals surface area contributed by atoms with Crippen molar-refractivity contribution < 1.29 is 4.74 Å². The first-order valence-corrected chi connectivity index (χ1v) is 7.57. The number of ether oxygens (including phenoxy) is 1. The highest BCUT2D eigenvalue weighted by atomic mass is 16.5. The van der Waals surface area contributed by atoms with E-state index in [9.17, 15) is 0 Å². The quantitative estimate of drug-likeness (QED) is 0.682. The normalized spacial score (nSPS) is 17.9. The fourth-order valence-electron chi connectivity index (χ4n) is 3.34. The maximum absolute atomic E-state index is 6.04. The first-order valence-electron chi connectivity index (χ1n) is 7.57. The Balaban J connectivity index is 1.71. The van der Waals surface area contributed by atoms with Crippen molar-refractivity contribution >= 4 is 10.9 Å². The molecule has 21 heavy (non-hydrogen) atoms. The van der Waals surface area contributed by atoms with E-state index in [0.29, 0.717) is 0 Å². The lowest BCUT2D eigenvalue weighted by Crippen LogP contribution is -2.20. The third kappa shape index (κ3) is 2.16. The third-order valence-electron chi connectivity index (χ3n) is 4.49. The van der Waals surface area contributed by atoms with Crippen LogP contribution in [0.25, 0.3) is 10.9 Å². The maximum Gasteiger partial charge on any atom is 0.101 e. The van der Waals surface area contributed by atoms with Crippen LogP contribution in [0.3, 0.4) is 0 Å². The smallest absolute Gasteiger partial charge is 0.101 e. The van der Waals surface area contributed by atoms with E-state index < -0.39 is 0 Å². The van der Waals surface area contributed by atoms with E-state index in [0.717, 1.165) is 19.6 Å². The van der Waals surface area contributed by atoms with Crippen LogP contribution in [0.2, 0.25) is 0 Å². The Morgan fingerprint density at radius 1 is 1.10 bits per heavy atom. The van der Waals surface area contributed by atoms with E-state index in [1.165, 1.54) is 27.6 Å². The van der Waals surface area contributed by atoms with Crippen molar-refractivity contribution in [3.63, 3.8) is 0 Å². The van der Waals surface area contributed by atoms with Crippen molar-refractivity contribution in [1.82, 2.24) is 4.57 Å². The van der Waals surface area contributed by atoms with Crippen molar-refractivity contribution in [3.05, 3.63) is 71.4 Å². The third-order valence-corrected chi connectivity index (χ3v) is 4.49. The molecule has 0 spiro atoms. The van der Waals surface area contributed by atoms with E-state index in [-0.39, 0.29) is 6.10 Å². The number of hydrogen-bond donors (Lipinski definition) is 0. The Hall–Kier alpha value is -2.06. The topological polar surface area (TPSA) is 14.2 Å². The van der Waals surface area contributed by atoms with Crippen molar-refractivity contribution in [2.24, 2.45) is 0 Å². The summed E-state index contributed by atoms with van der Waals surface area (Å²) in [4.78, 5) is 0. The standard InChI is InChI=1S/C19H19NO/c1-14-5-4-8-18-16(14)9-11-20(18)13-19-17-7-3-2-6-15(17)10-12-21-19/h2-9,11,19H,10,12-13H2,1H3. The van der Waals surface area contributed by atoms with Gasteiger partial charge in [0.2, 0.25) is 0 Å². The van der Waals surface area contributed by atoms with Crippen LogP contribution in [0.1, 0.15) is 22.8 Å². The predicted octanol–water partition coefficient (Wildman–Crippen LogP) is 4.26. The Bertz CT molecular complexity index is 787. The Kier molecular flexibility index (Phi) is 3.04. The van der Waals surface area contributed by atoms with Crippen molar-refractivity contribution in [2.45, 2.75) is 26.0 Å². The fourth-order valence-corrected chi connectivity index (χ4v) is 3.34. The van der Waals surface area contributed by atoms with Crippen LogP contribution in [-0.4, -0.2) is 11.2 Å². The molecule has 3 aromatic rings. The number of hydrogen-bond acceptors (Lipinski definition) is 1. The molecule has 1 atom stereocenters. The lowest BCUT2D eigenvalue weighted by molar-refractivity contribution is 0.0314. The zero-order valence-corrected chi connectivity index (χ0v) is 12.3. The van der Waals surface area contributed by atoms with Crippen molar-refractivity contribution in [2.75, 3.05) is 6.61 Å². The number of aryl methyl sites for hydroxylation is 1. The molecule has 0 saturated carbocycles. The van der Waals surface area contributed by atoms with Crippen LogP contribution in [-0.2, 0) is 17.7 Å². The van der Waals surface area contributed by atoms with Gasteiger partial charge in [0, 0.05) is 17.1 Å². The highest BCUT2D eigenvalue weighted by Crippen LogP contribution is 2.30. The van der Waals surface area contributed by atoms with E-state index >= 15 is 0 Å². The molecule has 2 aromatic carbocycles. The Morgan fingerprint density at radius 2 is 2.00 bits per heavy atom. The Morgan fingerprint density at radius 3 is 2.95 bits per heavy atom. The van der Waals surface area contributed by atoms with Crippen LogP contribution >= 0.6 is 0 Å². The summed E-state index contributed by atoms with van der Waals surface area (Å²) < 4.78 is 8.35. The van der Waals surface area contributed by atoms with Crippen molar-refractivity contribution in [1.29, 1.82) is 0 Å². The second-order valence-corrected chi connectivity index (χ2v) is 5.78. The number of fused-ring (bicyclic) bond motifs is 2. The van der Waals surface area contributed by atoms with Gasteiger partial charge in [-0.05, 0) is 42.2 Å². The molecule has 0 saturated heterocycles. The minimum atomic E-state index is 0.158. The highest BCUT2D eigenvalue weighted by Gasteiger charge is 2.21. The zero-order valence-electron chi connectivity index (χ0n) is 12.3. The summed E-state index contributed by atoms with van der Waals surface area (Å²) in [6.45, 7) is 3.86. The molecule has 0 aliphatic carbocycles. The number of aromatic nitrogens is 1. The highest BCUT2D eigenvalue weighted by molar-refractivity contribution is 5.83. The van der Waals surface area contributed by atoms with Crippen LogP contribution in [0.5, 0.6) is 0 Å². The van der Waals surface area contributed by atoms with Crippen LogP contribution in [0, 0.1) is 6.92 Å². The first kappa shape index (κ1) is 12.7. The molecule has 0 N–H and O–H groups in total. The summed E-state index contributed by atoms with van der Waals surface area (Å²) in [6.07, 6.45) is 3.36. The lowest BCUT2D eigenvalue weighted by Gasteiger charge is -2.26. The summed E-state index contributed by atoms with van der Waals surface area (Å²) in [5.74, 6) is 0. The Labute approximate surface area is 125 Å². The van der Waals surface area contributed by atoms with Gasteiger partial charge < -0.3 is 9.30 Å². The molecule has 1 unspecified atom stereocenters. The molecule has 2 heterocycles. The number of nitrogens with zero attached hydrogens (tertiary/aromatic N) is 1. The molecular formula is C19H19NO. The molecule has 1 aliphatic rings. The molecule has 0 fully saturated rings. The van der Waals surface area contributed by atoms with E-state index in [1.807, 2.05) is 0 Å². The van der Waals surface area contributed by atoms with Crippen molar-refractivity contribution in [3.8, 4) is 0 Å². The molecule has 2 heteroatoms. The van der Waals surface area contributed by atoms with Gasteiger partial charge in [0.05, 0.1) is 13.2 Å². The van der Waals surface area contributed by atoms with Gasteiger partial charge in [-0.3, -0.25) is 0 Å². The van der Waals surface area contributed by atoms with Gasteiger partial charge >= 0.3 is 0 Å². The first-order chi connectivity index (χ1) is 10.3. The summed E-state index contributed by atoms with van der Waals surface area (Å²) in [5.41, 5.74) is 5.40. The minimum absolute atomic E-state index is 0.158. The molecule has 106 valence electrons. The molecule has 0 radical (unpaired) electrons. The molecule has 4 rings (SSSR count). The van der Waals surface area contributed by atoms with Gasteiger partial charge in [0.25, 0.3) is 0 Å². The summed E-state index contributed by atoms with van der Waals surface area (Å²) in [7, 11) is 0. The van der Waals surface area contributed by atoms with Gasteiger partial charge in [0.15, 0.2) is 0 Å². The van der Waals surface area contributed by atoms with Gasteiger partial charge in [0.1, 0.15) is 6.10 Å². The second-order valence-electron chi connectivity index (χ2n) is 5.78. The number of rotatable bonds is 2. The van der Waals surface area contributed by atoms with Crippen LogP contribution in [0.15, 0.2) is 54.7 Å².